The maximum absolute atomic E-state index is 13.7. The molecule has 156 valence electrons. The molecule has 0 aliphatic rings. The smallest absolute Gasteiger partial charge is 0.234 e. The molecular weight excluding hydrogens is 435 g/mol. The normalized spacial score (nSPS) is 10.5. The summed E-state index contributed by atoms with van der Waals surface area (Å²) < 4.78 is 20.1. The summed E-state index contributed by atoms with van der Waals surface area (Å²) in [5.41, 5.74) is 0.998. The minimum absolute atomic E-state index is 0.166. The molecule has 0 fully saturated rings. The summed E-state index contributed by atoms with van der Waals surface area (Å²) in [6.07, 6.45) is 0. The first-order valence-corrected chi connectivity index (χ1v) is 11.1. The molecule has 0 radical (unpaired) electrons. The van der Waals surface area contributed by atoms with Gasteiger partial charge in [0.15, 0.2) is 4.34 Å². The van der Waals surface area contributed by atoms with E-state index in [1.807, 2.05) is 30.3 Å². The lowest BCUT2D eigenvalue weighted by atomic mass is 10.3. The summed E-state index contributed by atoms with van der Waals surface area (Å²) in [7, 11) is 0. The van der Waals surface area contributed by atoms with E-state index in [2.05, 4.69) is 20.8 Å². The highest BCUT2D eigenvalue weighted by atomic mass is 32.2. The van der Waals surface area contributed by atoms with E-state index >= 15 is 0 Å². The molecule has 4 aromatic rings. The highest BCUT2D eigenvalue weighted by molar-refractivity contribution is 8.01. The SMILES string of the molecule is O=C(CSc1nnc(Nc2ccccc2F)s1)Nc1ccc(Oc2ccccc2)cc1. The second-order valence-electron chi connectivity index (χ2n) is 6.25. The summed E-state index contributed by atoms with van der Waals surface area (Å²) >= 11 is 2.52. The minimum Gasteiger partial charge on any atom is -0.457 e. The van der Waals surface area contributed by atoms with Crippen LogP contribution in [0.1, 0.15) is 0 Å². The predicted molar refractivity (Wildman–Crippen MR) is 122 cm³/mol. The van der Waals surface area contributed by atoms with Gasteiger partial charge in [-0.2, -0.15) is 0 Å². The van der Waals surface area contributed by atoms with Crippen molar-refractivity contribution in [2.24, 2.45) is 0 Å². The van der Waals surface area contributed by atoms with Crippen molar-refractivity contribution in [1.29, 1.82) is 0 Å². The zero-order chi connectivity index (χ0) is 21.5. The highest BCUT2D eigenvalue weighted by Crippen LogP contribution is 2.29. The number of hydrogen-bond acceptors (Lipinski definition) is 7. The van der Waals surface area contributed by atoms with E-state index in [9.17, 15) is 9.18 Å². The van der Waals surface area contributed by atoms with Crippen molar-refractivity contribution in [3.8, 4) is 11.5 Å². The van der Waals surface area contributed by atoms with Gasteiger partial charge in [0.1, 0.15) is 17.3 Å². The molecule has 0 atom stereocenters. The Bertz CT molecular complexity index is 1150. The van der Waals surface area contributed by atoms with Crippen LogP contribution in [0, 0.1) is 5.82 Å². The number of carbonyl (C=O) groups excluding carboxylic acids is 1. The van der Waals surface area contributed by atoms with Crippen LogP contribution in [0.4, 0.5) is 20.9 Å². The van der Waals surface area contributed by atoms with Crippen molar-refractivity contribution >= 4 is 45.5 Å². The van der Waals surface area contributed by atoms with Crippen LogP contribution in [-0.2, 0) is 4.79 Å². The molecule has 0 aliphatic carbocycles. The molecule has 9 heteroatoms. The number of thioether (sulfide) groups is 1. The largest absolute Gasteiger partial charge is 0.457 e. The molecule has 0 aliphatic heterocycles. The predicted octanol–water partition coefficient (Wildman–Crippen LogP) is 5.94. The van der Waals surface area contributed by atoms with E-state index in [1.54, 1.807) is 42.5 Å². The van der Waals surface area contributed by atoms with E-state index in [0.29, 0.717) is 26.6 Å². The van der Waals surface area contributed by atoms with Gasteiger partial charge in [-0.15, -0.1) is 10.2 Å². The number of amides is 1. The quantitative estimate of drug-likeness (QED) is 0.322. The van der Waals surface area contributed by atoms with Crippen LogP contribution < -0.4 is 15.4 Å². The molecule has 0 saturated carbocycles. The molecule has 0 unspecified atom stereocenters. The Kier molecular flexibility index (Phi) is 6.75. The van der Waals surface area contributed by atoms with Crippen molar-refractivity contribution in [3.63, 3.8) is 0 Å². The van der Waals surface area contributed by atoms with Crippen molar-refractivity contribution in [1.82, 2.24) is 10.2 Å². The van der Waals surface area contributed by atoms with Gasteiger partial charge in [0.05, 0.1) is 11.4 Å². The fourth-order valence-electron chi connectivity index (χ4n) is 2.55. The first-order chi connectivity index (χ1) is 15.2. The zero-order valence-corrected chi connectivity index (χ0v) is 17.8. The number of nitrogens with zero attached hydrogens (tertiary/aromatic N) is 2. The fraction of sp³-hybridized carbons (Fsp3) is 0.0455. The molecule has 1 heterocycles. The Morgan fingerprint density at radius 3 is 2.42 bits per heavy atom. The van der Waals surface area contributed by atoms with Crippen LogP contribution in [0.15, 0.2) is 83.2 Å². The van der Waals surface area contributed by atoms with Crippen LogP contribution >= 0.6 is 23.1 Å². The number of hydrogen-bond donors (Lipinski definition) is 2. The number of carbonyl (C=O) groups is 1. The third kappa shape index (κ3) is 6.03. The number of ether oxygens (including phenoxy) is 1. The Morgan fingerprint density at radius 1 is 0.935 bits per heavy atom. The number of para-hydroxylation sites is 2. The molecule has 0 saturated heterocycles. The first-order valence-electron chi connectivity index (χ1n) is 9.26. The maximum atomic E-state index is 13.7. The Labute approximate surface area is 186 Å². The van der Waals surface area contributed by atoms with Gasteiger partial charge in [0, 0.05) is 5.69 Å². The van der Waals surface area contributed by atoms with E-state index in [4.69, 9.17) is 4.74 Å². The number of nitrogens with one attached hydrogen (secondary N) is 2. The standard InChI is InChI=1S/C22H17FN4O2S2/c23-18-8-4-5-9-19(18)25-21-26-27-22(31-21)30-14-20(28)24-15-10-12-17(13-11-15)29-16-6-2-1-3-7-16/h1-13H,14H2,(H,24,28)(H,25,26). The molecule has 1 aromatic heterocycles. The van der Waals surface area contributed by atoms with E-state index in [0.717, 1.165) is 5.75 Å². The van der Waals surface area contributed by atoms with Gasteiger partial charge >= 0.3 is 0 Å². The average Bonchev–Trinajstić information content (AvgIpc) is 3.23. The van der Waals surface area contributed by atoms with Gasteiger partial charge in [0.2, 0.25) is 11.0 Å². The number of benzene rings is 3. The minimum atomic E-state index is -0.369. The van der Waals surface area contributed by atoms with E-state index in [-0.39, 0.29) is 17.5 Å². The van der Waals surface area contributed by atoms with Gasteiger partial charge in [-0.25, -0.2) is 4.39 Å². The summed E-state index contributed by atoms with van der Waals surface area (Å²) in [6, 6.07) is 22.9. The van der Waals surface area contributed by atoms with Gasteiger partial charge < -0.3 is 15.4 Å². The molecular formula is C22H17FN4O2S2. The number of rotatable bonds is 8. The van der Waals surface area contributed by atoms with Crippen LogP contribution in [-0.4, -0.2) is 21.9 Å². The maximum Gasteiger partial charge on any atom is 0.234 e. The van der Waals surface area contributed by atoms with Crippen molar-refractivity contribution < 1.29 is 13.9 Å². The summed E-state index contributed by atoms with van der Waals surface area (Å²) in [5, 5.41) is 14.2. The molecule has 1 amide bonds. The van der Waals surface area contributed by atoms with Gasteiger partial charge in [-0.1, -0.05) is 53.4 Å². The van der Waals surface area contributed by atoms with E-state index in [1.165, 1.54) is 29.2 Å². The van der Waals surface area contributed by atoms with Gasteiger partial charge in [-0.05, 0) is 48.5 Å². The van der Waals surface area contributed by atoms with Gasteiger partial charge in [-0.3, -0.25) is 4.79 Å². The van der Waals surface area contributed by atoms with Crippen LogP contribution in [0.3, 0.4) is 0 Å². The molecule has 6 nitrogen and oxygen atoms in total. The Balaban J connectivity index is 1.26. The fourth-order valence-corrected chi connectivity index (χ4v) is 4.12. The van der Waals surface area contributed by atoms with Crippen molar-refractivity contribution in [3.05, 3.63) is 84.7 Å². The van der Waals surface area contributed by atoms with Crippen LogP contribution in [0.5, 0.6) is 11.5 Å². The lowest BCUT2D eigenvalue weighted by Crippen LogP contribution is -2.13. The third-order valence-electron chi connectivity index (χ3n) is 3.97. The first kappa shape index (κ1) is 20.8. The lowest BCUT2D eigenvalue weighted by Gasteiger charge is -2.07. The zero-order valence-electron chi connectivity index (χ0n) is 16.1. The molecule has 31 heavy (non-hydrogen) atoms. The molecule has 3 aromatic carbocycles. The highest BCUT2D eigenvalue weighted by Gasteiger charge is 2.10. The molecule has 4 rings (SSSR count). The van der Waals surface area contributed by atoms with Crippen LogP contribution in [0.25, 0.3) is 0 Å². The van der Waals surface area contributed by atoms with E-state index < -0.39 is 0 Å². The van der Waals surface area contributed by atoms with Crippen LogP contribution in [0.2, 0.25) is 0 Å². The van der Waals surface area contributed by atoms with Crippen molar-refractivity contribution in [2.45, 2.75) is 4.34 Å². The molecule has 2 N–H and O–H groups in total. The average molecular weight is 453 g/mol. The van der Waals surface area contributed by atoms with Crippen molar-refractivity contribution in [2.75, 3.05) is 16.4 Å². The lowest BCUT2D eigenvalue weighted by molar-refractivity contribution is -0.113. The van der Waals surface area contributed by atoms with Gasteiger partial charge in [0.25, 0.3) is 0 Å². The molecule has 0 bridgehead atoms. The second-order valence-corrected chi connectivity index (χ2v) is 8.45. The summed E-state index contributed by atoms with van der Waals surface area (Å²) in [4.78, 5) is 12.2. The molecule has 0 spiro atoms. The number of aromatic nitrogens is 2. The third-order valence-corrected chi connectivity index (χ3v) is 5.94. The number of halogens is 1. The second kappa shape index (κ2) is 10.1. The summed E-state index contributed by atoms with van der Waals surface area (Å²) in [5.74, 6) is 1.07. The monoisotopic (exact) mass is 452 g/mol. The topological polar surface area (TPSA) is 76.1 Å². The Hall–Kier alpha value is -3.43. The number of anilines is 3. The summed E-state index contributed by atoms with van der Waals surface area (Å²) in [6.45, 7) is 0. The Morgan fingerprint density at radius 2 is 1.65 bits per heavy atom.